The van der Waals surface area contributed by atoms with Gasteiger partial charge in [-0.15, -0.1) is 0 Å². The smallest absolute Gasteiger partial charge is 0.248 e. The molecule has 1 saturated carbocycles. The van der Waals surface area contributed by atoms with Crippen LogP contribution in [0.5, 0.6) is 0 Å². The van der Waals surface area contributed by atoms with Crippen molar-refractivity contribution in [2.45, 2.75) is 38.6 Å². The molecule has 1 heterocycles. The minimum absolute atomic E-state index is 0.0155. The molecule has 1 fully saturated rings. The quantitative estimate of drug-likeness (QED) is 0.477. The summed E-state index contributed by atoms with van der Waals surface area (Å²) in [5.41, 5.74) is 6.10. The lowest BCUT2D eigenvalue weighted by atomic mass is 9.85. The van der Waals surface area contributed by atoms with E-state index in [-0.39, 0.29) is 34.4 Å². The Morgan fingerprint density at radius 2 is 2.10 bits per heavy atom. The number of anilines is 4. The number of amides is 2. The fourth-order valence-electron chi connectivity index (χ4n) is 3.47. The molecule has 0 unspecified atom stereocenters. The van der Waals surface area contributed by atoms with Crippen molar-refractivity contribution < 1.29 is 14.0 Å². The van der Waals surface area contributed by atoms with Crippen molar-refractivity contribution in [3.05, 3.63) is 47.4 Å². The fraction of sp³-hybridized carbons (Fsp3) is 0.333. The van der Waals surface area contributed by atoms with E-state index in [1.165, 1.54) is 30.5 Å². The number of nitrogens with two attached hydrogens (primary N) is 1. The summed E-state index contributed by atoms with van der Waals surface area (Å²) in [5, 5.41) is 9.10. The highest BCUT2D eigenvalue weighted by Crippen LogP contribution is 2.31. The van der Waals surface area contributed by atoms with Gasteiger partial charge in [-0.3, -0.25) is 9.59 Å². The summed E-state index contributed by atoms with van der Waals surface area (Å²) in [6.45, 7) is 1.71. The summed E-state index contributed by atoms with van der Waals surface area (Å²) in [4.78, 5) is 32.0. The van der Waals surface area contributed by atoms with Gasteiger partial charge in [-0.2, -0.15) is 4.98 Å². The van der Waals surface area contributed by atoms with Crippen LogP contribution in [-0.2, 0) is 9.59 Å². The third-order valence-corrected chi connectivity index (χ3v) is 5.24. The van der Waals surface area contributed by atoms with Gasteiger partial charge in [-0.25, -0.2) is 9.37 Å². The van der Waals surface area contributed by atoms with Crippen molar-refractivity contribution in [2.24, 2.45) is 11.7 Å². The van der Waals surface area contributed by atoms with E-state index in [9.17, 15) is 14.0 Å². The molecule has 31 heavy (non-hydrogen) atoms. The number of benzene rings is 1. The van der Waals surface area contributed by atoms with Crippen LogP contribution in [-0.4, -0.2) is 27.8 Å². The summed E-state index contributed by atoms with van der Waals surface area (Å²) >= 11 is 6.24. The second kappa shape index (κ2) is 10.2. The molecule has 5 N–H and O–H groups in total. The standard InChI is InChI=1S/C21H24ClFN6O2/c1-2-4-18(30)27-17-10-13(23)7-8-16(17)28-20-15(22)11-25-21(29-20)26-14-6-3-5-12(9-14)19(24)31/h2,4,7-8,10-12,14H,3,5-6,9H2,1H3,(H2,24,31)(H,27,30)(H2,25,26,28,29)/b4-2+/t12-,14+/m1/s1. The van der Waals surface area contributed by atoms with Gasteiger partial charge in [-0.05, 0) is 50.5 Å². The average Bonchev–Trinajstić information content (AvgIpc) is 2.72. The molecule has 164 valence electrons. The van der Waals surface area contributed by atoms with Gasteiger partial charge in [0, 0.05) is 12.0 Å². The lowest BCUT2D eigenvalue weighted by Gasteiger charge is -2.28. The number of nitrogens with zero attached hydrogens (tertiary/aromatic N) is 2. The molecule has 1 aromatic heterocycles. The fourth-order valence-corrected chi connectivity index (χ4v) is 3.61. The predicted molar refractivity (Wildman–Crippen MR) is 119 cm³/mol. The van der Waals surface area contributed by atoms with E-state index in [1.807, 2.05) is 0 Å². The van der Waals surface area contributed by atoms with Crippen LogP contribution < -0.4 is 21.7 Å². The molecule has 1 aliphatic carbocycles. The van der Waals surface area contributed by atoms with Crippen LogP contribution >= 0.6 is 11.6 Å². The Hall–Kier alpha value is -3.20. The Morgan fingerprint density at radius 3 is 2.84 bits per heavy atom. The number of aromatic nitrogens is 2. The average molecular weight is 447 g/mol. The minimum atomic E-state index is -0.501. The molecule has 10 heteroatoms. The second-order valence-corrected chi connectivity index (χ2v) is 7.71. The Kier molecular flexibility index (Phi) is 7.41. The van der Waals surface area contributed by atoms with Crippen LogP contribution in [0.2, 0.25) is 5.02 Å². The number of hydrogen-bond acceptors (Lipinski definition) is 6. The molecule has 1 aromatic carbocycles. The number of hydrogen-bond donors (Lipinski definition) is 4. The van der Waals surface area contributed by atoms with E-state index in [0.29, 0.717) is 18.1 Å². The normalized spacial score (nSPS) is 18.5. The maximum Gasteiger partial charge on any atom is 0.248 e. The highest BCUT2D eigenvalue weighted by atomic mass is 35.5. The van der Waals surface area contributed by atoms with Crippen molar-refractivity contribution in [1.82, 2.24) is 9.97 Å². The van der Waals surface area contributed by atoms with Gasteiger partial charge in [0.15, 0.2) is 5.82 Å². The van der Waals surface area contributed by atoms with Crippen LogP contribution in [0.4, 0.5) is 27.5 Å². The van der Waals surface area contributed by atoms with Gasteiger partial charge < -0.3 is 21.7 Å². The number of carbonyl (C=O) groups excluding carboxylic acids is 2. The third-order valence-electron chi connectivity index (χ3n) is 4.96. The molecule has 0 bridgehead atoms. The van der Waals surface area contributed by atoms with Crippen molar-refractivity contribution in [1.29, 1.82) is 0 Å². The molecule has 2 aromatic rings. The molecule has 2 atom stereocenters. The van der Waals surface area contributed by atoms with Gasteiger partial charge in [0.1, 0.15) is 10.8 Å². The number of nitrogens with one attached hydrogen (secondary N) is 3. The van der Waals surface area contributed by atoms with E-state index in [2.05, 4.69) is 25.9 Å². The first-order chi connectivity index (χ1) is 14.9. The maximum atomic E-state index is 13.7. The van der Waals surface area contributed by atoms with Crippen molar-refractivity contribution in [3.8, 4) is 0 Å². The van der Waals surface area contributed by atoms with Crippen LogP contribution in [0.3, 0.4) is 0 Å². The Labute approximate surface area is 184 Å². The van der Waals surface area contributed by atoms with Crippen molar-refractivity contribution >= 4 is 46.6 Å². The van der Waals surface area contributed by atoms with Gasteiger partial charge >= 0.3 is 0 Å². The third kappa shape index (κ3) is 6.14. The van der Waals surface area contributed by atoms with E-state index in [4.69, 9.17) is 17.3 Å². The predicted octanol–water partition coefficient (Wildman–Crippen LogP) is 3.98. The van der Waals surface area contributed by atoms with E-state index >= 15 is 0 Å². The Balaban J connectivity index is 1.78. The Bertz CT molecular complexity index is 1000. The zero-order valence-corrected chi connectivity index (χ0v) is 17.7. The van der Waals surface area contributed by atoms with Gasteiger partial charge in [0.25, 0.3) is 0 Å². The monoisotopic (exact) mass is 446 g/mol. The first kappa shape index (κ1) is 22.5. The lowest BCUT2D eigenvalue weighted by Crippen LogP contribution is -2.34. The summed E-state index contributed by atoms with van der Waals surface area (Å²) in [7, 11) is 0. The molecule has 3 rings (SSSR count). The molecule has 2 amide bonds. The number of carbonyl (C=O) groups is 2. The molecule has 0 spiro atoms. The number of rotatable bonds is 7. The number of halogens is 2. The number of primary amides is 1. The second-order valence-electron chi connectivity index (χ2n) is 7.30. The lowest BCUT2D eigenvalue weighted by molar-refractivity contribution is -0.122. The zero-order chi connectivity index (χ0) is 22.4. The van der Waals surface area contributed by atoms with Gasteiger partial charge in [0.05, 0.1) is 17.6 Å². The molecular formula is C21H24ClFN6O2. The highest BCUT2D eigenvalue weighted by molar-refractivity contribution is 6.33. The molecule has 1 aliphatic rings. The largest absolute Gasteiger partial charge is 0.369 e. The number of allylic oxidation sites excluding steroid dienone is 1. The Morgan fingerprint density at radius 1 is 1.29 bits per heavy atom. The minimum Gasteiger partial charge on any atom is -0.369 e. The van der Waals surface area contributed by atoms with Gasteiger partial charge in [-0.1, -0.05) is 24.1 Å². The van der Waals surface area contributed by atoms with E-state index in [1.54, 1.807) is 13.0 Å². The molecular weight excluding hydrogens is 423 g/mol. The summed E-state index contributed by atoms with van der Waals surface area (Å²) in [6.07, 6.45) is 7.51. The van der Waals surface area contributed by atoms with Crippen LogP contribution in [0.1, 0.15) is 32.6 Å². The van der Waals surface area contributed by atoms with Gasteiger partial charge in [0.2, 0.25) is 17.8 Å². The summed E-state index contributed by atoms with van der Waals surface area (Å²) in [6, 6.07) is 3.95. The van der Waals surface area contributed by atoms with Crippen molar-refractivity contribution in [2.75, 3.05) is 16.0 Å². The first-order valence-corrected chi connectivity index (χ1v) is 10.3. The highest BCUT2D eigenvalue weighted by Gasteiger charge is 2.26. The van der Waals surface area contributed by atoms with Crippen LogP contribution in [0, 0.1) is 11.7 Å². The summed E-state index contributed by atoms with van der Waals surface area (Å²) < 4.78 is 13.7. The molecule has 0 aliphatic heterocycles. The topological polar surface area (TPSA) is 122 Å². The van der Waals surface area contributed by atoms with Crippen LogP contribution in [0.15, 0.2) is 36.5 Å². The SMILES string of the molecule is C/C=C/C(=O)Nc1cc(F)ccc1Nc1nc(N[C@H]2CCC[C@@H](C(N)=O)C2)ncc1Cl. The maximum absolute atomic E-state index is 13.7. The summed E-state index contributed by atoms with van der Waals surface area (Å²) in [5.74, 6) is -0.737. The molecule has 8 nitrogen and oxygen atoms in total. The zero-order valence-electron chi connectivity index (χ0n) is 17.0. The van der Waals surface area contributed by atoms with Crippen molar-refractivity contribution in [3.63, 3.8) is 0 Å². The first-order valence-electron chi connectivity index (χ1n) is 9.94. The molecule has 0 saturated heterocycles. The molecule has 0 radical (unpaired) electrons. The van der Waals surface area contributed by atoms with E-state index < -0.39 is 11.7 Å². The van der Waals surface area contributed by atoms with E-state index in [0.717, 1.165) is 19.3 Å². The van der Waals surface area contributed by atoms with Crippen LogP contribution in [0.25, 0.3) is 0 Å².